The van der Waals surface area contributed by atoms with Crippen molar-refractivity contribution in [2.24, 2.45) is 0 Å². The predicted octanol–water partition coefficient (Wildman–Crippen LogP) is 2.20. The van der Waals surface area contributed by atoms with E-state index in [0.717, 1.165) is 0 Å². The molecule has 0 aliphatic carbocycles. The van der Waals surface area contributed by atoms with Gasteiger partial charge in [0.2, 0.25) is 5.76 Å². The molecule has 1 aromatic carbocycles. The molecular formula is C12H10FNO5. The van der Waals surface area contributed by atoms with Gasteiger partial charge in [0.15, 0.2) is 11.6 Å². The number of carboxylic acid groups (broad SMARTS) is 1. The van der Waals surface area contributed by atoms with Crippen LogP contribution in [0.2, 0.25) is 0 Å². The van der Waals surface area contributed by atoms with Crippen LogP contribution < -0.4 is 9.47 Å². The molecule has 0 bridgehead atoms. The summed E-state index contributed by atoms with van der Waals surface area (Å²) in [5.74, 6) is -2.04. The molecule has 2 rings (SSSR count). The van der Waals surface area contributed by atoms with Crippen LogP contribution in [0.3, 0.4) is 0 Å². The van der Waals surface area contributed by atoms with Crippen LogP contribution in [-0.4, -0.2) is 30.5 Å². The molecule has 0 radical (unpaired) electrons. The van der Waals surface area contributed by atoms with Crippen molar-refractivity contribution < 1.29 is 28.3 Å². The quantitative estimate of drug-likeness (QED) is 0.914. The molecule has 2 aromatic rings. The van der Waals surface area contributed by atoms with Crippen molar-refractivity contribution in [3.63, 3.8) is 0 Å². The Balaban J connectivity index is 2.64. The number of aromatic carboxylic acids is 1. The summed E-state index contributed by atoms with van der Waals surface area (Å²) in [6.07, 6.45) is 0. The van der Waals surface area contributed by atoms with Crippen molar-refractivity contribution in [2.45, 2.75) is 0 Å². The van der Waals surface area contributed by atoms with E-state index in [4.69, 9.17) is 14.6 Å². The van der Waals surface area contributed by atoms with Crippen LogP contribution in [0.15, 0.2) is 22.7 Å². The Kier molecular flexibility index (Phi) is 3.37. The number of hydrogen-bond acceptors (Lipinski definition) is 5. The minimum absolute atomic E-state index is 0.0930. The second-order valence-corrected chi connectivity index (χ2v) is 3.54. The molecule has 1 heterocycles. The largest absolute Gasteiger partial charge is 0.496 e. The number of aromatic nitrogens is 1. The van der Waals surface area contributed by atoms with Gasteiger partial charge in [-0.1, -0.05) is 5.16 Å². The molecule has 0 amide bonds. The van der Waals surface area contributed by atoms with E-state index in [9.17, 15) is 9.18 Å². The van der Waals surface area contributed by atoms with Gasteiger partial charge in [-0.05, 0) is 12.1 Å². The maximum absolute atomic E-state index is 13.7. The average Bonchev–Trinajstić information content (AvgIpc) is 2.87. The molecule has 0 aliphatic heterocycles. The summed E-state index contributed by atoms with van der Waals surface area (Å²) in [5, 5.41) is 12.4. The molecule has 1 N–H and O–H groups in total. The number of carboxylic acids is 1. The molecule has 1 aromatic heterocycles. The fraction of sp³-hybridized carbons (Fsp3) is 0.167. The molecular weight excluding hydrogens is 257 g/mol. The molecule has 7 heteroatoms. The number of carbonyl (C=O) groups is 1. The minimum Gasteiger partial charge on any atom is -0.496 e. The van der Waals surface area contributed by atoms with Crippen LogP contribution in [0.5, 0.6) is 11.5 Å². The highest BCUT2D eigenvalue weighted by atomic mass is 19.1. The smallest absolute Gasteiger partial charge is 0.374 e. The predicted molar refractivity (Wildman–Crippen MR) is 62.0 cm³/mol. The average molecular weight is 267 g/mol. The zero-order chi connectivity index (χ0) is 14.0. The first kappa shape index (κ1) is 12.9. The van der Waals surface area contributed by atoms with Crippen LogP contribution in [0.4, 0.5) is 4.39 Å². The summed E-state index contributed by atoms with van der Waals surface area (Å²) in [4.78, 5) is 10.8. The number of rotatable bonds is 4. The van der Waals surface area contributed by atoms with Crippen LogP contribution in [-0.2, 0) is 0 Å². The molecule has 0 fully saturated rings. The van der Waals surface area contributed by atoms with E-state index in [1.165, 1.54) is 32.4 Å². The number of benzene rings is 1. The lowest BCUT2D eigenvalue weighted by Gasteiger charge is -2.11. The lowest BCUT2D eigenvalue weighted by atomic mass is 10.1. The third-order valence-corrected chi connectivity index (χ3v) is 2.47. The molecule has 0 atom stereocenters. The number of ether oxygens (including phenoxy) is 2. The molecule has 0 spiro atoms. The van der Waals surface area contributed by atoms with Crippen LogP contribution in [0, 0.1) is 5.82 Å². The van der Waals surface area contributed by atoms with E-state index >= 15 is 0 Å². The van der Waals surface area contributed by atoms with Crippen molar-refractivity contribution in [3.8, 4) is 22.8 Å². The van der Waals surface area contributed by atoms with Gasteiger partial charge in [-0.2, -0.15) is 0 Å². The standard InChI is InChI=1S/C12H10FNO5/c1-17-8-4-3-6(13)11(18-2)10(8)7-5-9(12(15)16)19-14-7/h3-5H,1-2H3,(H,15,16). The second kappa shape index (κ2) is 4.97. The zero-order valence-electron chi connectivity index (χ0n) is 10.1. The summed E-state index contributed by atoms with van der Waals surface area (Å²) in [5.41, 5.74) is 0.312. The topological polar surface area (TPSA) is 81.8 Å². The van der Waals surface area contributed by atoms with Crippen molar-refractivity contribution in [2.75, 3.05) is 14.2 Å². The summed E-state index contributed by atoms with van der Waals surface area (Å²) in [6, 6.07) is 3.74. The van der Waals surface area contributed by atoms with E-state index in [1.807, 2.05) is 0 Å². The van der Waals surface area contributed by atoms with Crippen LogP contribution in [0.25, 0.3) is 11.3 Å². The Morgan fingerprint density at radius 2 is 2.11 bits per heavy atom. The van der Waals surface area contributed by atoms with Gasteiger partial charge in [0.05, 0.1) is 19.8 Å². The molecule has 19 heavy (non-hydrogen) atoms. The number of methoxy groups -OCH3 is 2. The first-order valence-corrected chi connectivity index (χ1v) is 5.19. The monoisotopic (exact) mass is 267 g/mol. The Morgan fingerprint density at radius 1 is 1.37 bits per heavy atom. The summed E-state index contributed by atoms with van der Waals surface area (Å²) in [6.45, 7) is 0. The van der Waals surface area contributed by atoms with E-state index in [0.29, 0.717) is 5.75 Å². The van der Waals surface area contributed by atoms with Crippen LogP contribution in [0.1, 0.15) is 10.6 Å². The van der Waals surface area contributed by atoms with Crippen molar-refractivity contribution in [1.82, 2.24) is 5.16 Å². The molecule has 6 nitrogen and oxygen atoms in total. The first-order chi connectivity index (χ1) is 9.08. The molecule has 0 saturated carbocycles. The Bertz CT molecular complexity index is 623. The highest BCUT2D eigenvalue weighted by molar-refractivity contribution is 5.86. The van der Waals surface area contributed by atoms with Crippen molar-refractivity contribution in [1.29, 1.82) is 0 Å². The van der Waals surface area contributed by atoms with Gasteiger partial charge in [0.25, 0.3) is 0 Å². The third-order valence-electron chi connectivity index (χ3n) is 2.47. The fourth-order valence-corrected chi connectivity index (χ4v) is 1.65. The van der Waals surface area contributed by atoms with Gasteiger partial charge in [-0.25, -0.2) is 9.18 Å². The van der Waals surface area contributed by atoms with Crippen LogP contribution >= 0.6 is 0 Å². The highest BCUT2D eigenvalue weighted by Crippen LogP contribution is 2.39. The molecule has 100 valence electrons. The normalized spacial score (nSPS) is 10.3. The lowest BCUT2D eigenvalue weighted by Crippen LogP contribution is -1.96. The Labute approximate surface area is 107 Å². The second-order valence-electron chi connectivity index (χ2n) is 3.54. The Hall–Kier alpha value is -2.57. The third kappa shape index (κ3) is 2.22. The van der Waals surface area contributed by atoms with E-state index in [2.05, 4.69) is 9.68 Å². The van der Waals surface area contributed by atoms with Crippen molar-refractivity contribution >= 4 is 5.97 Å². The van der Waals surface area contributed by atoms with Gasteiger partial charge < -0.3 is 19.1 Å². The lowest BCUT2D eigenvalue weighted by molar-refractivity contribution is 0.0652. The van der Waals surface area contributed by atoms with Gasteiger partial charge in [0, 0.05) is 6.07 Å². The minimum atomic E-state index is -1.27. The number of halogens is 1. The molecule has 0 saturated heterocycles. The summed E-state index contributed by atoms with van der Waals surface area (Å²) in [7, 11) is 2.69. The first-order valence-electron chi connectivity index (χ1n) is 5.19. The van der Waals surface area contributed by atoms with E-state index < -0.39 is 11.8 Å². The highest BCUT2D eigenvalue weighted by Gasteiger charge is 2.22. The molecule has 0 unspecified atom stereocenters. The summed E-state index contributed by atoms with van der Waals surface area (Å²) < 4.78 is 28.3. The van der Waals surface area contributed by atoms with Gasteiger partial charge >= 0.3 is 5.97 Å². The number of hydrogen-bond donors (Lipinski definition) is 1. The van der Waals surface area contributed by atoms with Gasteiger partial charge in [-0.15, -0.1) is 0 Å². The van der Waals surface area contributed by atoms with Gasteiger partial charge in [-0.3, -0.25) is 0 Å². The Morgan fingerprint density at radius 3 is 2.63 bits per heavy atom. The van der Waals surface area contributed by atoms with E-state index in [1.54, 1.807) is 0 Å². The maximum atomic E-state index is 13.7. The van der Waals surface area contributed by atoms with Crippen molar-refractivity contribution in [3.05, 3.63) is 29.8 Å². The fourth-order valence-electron chi connectivity index (χ4n) is 1.65. The molecule has 0 aliphatic rings. The maximum Gasteiger partial charge on any atom is 0.374 e. The SMILES string of the molecule is COc1ccc(F)c(OC)c1-c1cc(C(=O)O)on1. The zero-order valence-corrected chi connectivity index (χ0v) is 10.1. The van der Waals surface area contributed by atoms with Gasteiger partial charge in [0.1, 0.15) is 11.4 Å². The summed E-state index contributed by atoms with van der Waals surface area (Å²) >= 11 is 0. The van der Waals surface area contributed by atoms with E-state index in [-0.39, 0.29) is 22.8 Å². The number of nitrogens with zero attached hydrogens (tertiary/aromatic N) is 1.